The third kappa shape index (κ3) is 7.31. The van der Waals surface area contributed by atoms with Crippen molar-refractivity contribution in [2.24, 2.45) is 0 Å². The van der Waals surface area contributed by atoms with Crippen molar-refractivity contribution in [3.05, 3.63) is 69.5 Å². The molecule has 0 amide bonds. The Labute approximate surface area is 193 Å². The molecular formula is C26H37O5P. The summed E-state index contributed by atoms with van der Waals surface area (Å²) < 4.78 is 34.2. The normalized spacial score (nSPS) is 12.1. The minimum atomic E-state index is -3.21. The van der Waals surface area contributed by atoms with Crippen LogP contribution in [0, 0.1) is 13.8 Å². The summed E-state index contributed by atoms with van der Waals surface area (Å²) in [6.45, 7) is 13.1. The quantitative estimate of drug-likeness (QED) is 0.247. The molecule has 0 N–H and O–H groups in total. The van der Waals surface area contributed by atoms with Crippen molar-refractivity contribution in [2.75, 3.05) is 27.1 Å². The Hall–Kier alpha value is -1.91. The van der Waals surface area contributed by atoms with E-state index in [9.17, 15) is 4.57 Å². The average Bonchev–Trinajstić information content (AvgIpc) is 2.74. The second-order valence-corrected chi connectivity index (χ2v) is 9.97. The summed E-state index contributed by atoms with van der Waals surface area (Å²) >= 11 is 0. The molecule has 6 heteroatoms. The van der Waals surface area contributed by atoms with Crippen LogP contribution in [0.15, 0.2) is 36.1 Å². The van der Waals surface area contributed by atoms with Crippen molar-refractivity contribution < 1.29 is 23.1 Å². The maximum Gasteiger partial charge on any atom is 0.354 e. The van der Waals surface area contributed by atoms with E-state index in [1.54, 1.807) is 12.9 Å². The molecule has 2 aromatic carbocycles. The molecule has 0 bridgehead atoms. The molecule has 2 aromatic rings. The van der Waals surface area contributed by atoms with E-state index in [0.29, 0.717) is 19.1 Å². The van der Waals surface area contributed by atoms with Gasteiger partial charge in [-0.1, -0.05) is 38.1 Å². The van der Waals surface area contributed by atoms with Crippen LogP contribution in [0.5, 0.6) is 5.75 Å². The molecule has 5 nitrogen and oxygen atoms in total. The van der Waals surface area contributed by atoms with Gasteiger partial charge in [-0.2, -0.15) is 0 Å². The predicted molar refractivity (Wildman–Crippen MR) is 132 cm³/mol. The van der Waals surface area contributed by atoms with Crippen LogP contribution in [-0.2, 0) is 24.8 Å². The summed E-state index contributed by atoms with van der Waals surface area (Å²) in [4.78, 5) is 0. The zero-order chi connectivity index (χ0) is 23.7. The summed E-state index contributed by atoms with van der Waals surface area (Å²) in [6.07, 6.45) is 2.66. The average molecular weight is 461 g/mol. The SMILES string of the molecule is CCOP(=O)(/C=C/c1cc(C)c(Cc2ccc(OCOC)c(C(C)C)c2)c(C)c1)OCC. The van der Waals surface area contributed by atoms with E-state index in [1.165, 1.54) is 27.8 Å². The van der Waals surface area contributed by atoms with Gasteiger partial charge in [-0.25, -0.2) is 0 Å². The van der Waals surface area contributed by atoms with Crippen molar-refractivity contribution in [3.8, 4) is 5.75 Å². The Morgan fingerprint density at radius 3 is 2.16 bits per heavy atom. The Bertz CT molecular complexity index is 932. The van der Waals surface area contributed by atoms with E-state index in [-0.39, 0.29) is 6.79 Å². The summed E-state index contributed by atoms with van der Waals surface area (Å²) in [5.74, 6) is 2.78. The van der Waals surface area contributed by atoms with Gasteiger partial charge in [0.25, 0.3) is 0 Å². The van der Waals surface area contributed by atoms with Gasteiger partial charge in [-0.3, -0.25) is 4.57 Å². The monoisotopic (exact) mass is 460 g/mol. The van der Waals surface area contributed by atoms with Crippen molar-refractivity contribution in [1.29, 1.82) is 0 Å². The number of hydrogen-bond acceptors (Lipinski definition) is 5. The Morgan fingerprint density at radius 2 is 1.62 bits per heavy atom. The predicted octanol–water partition coefficient (Wildman–Crippen LogP) is 7.24. The molecule has 0 aliphatic rings. The van der Waals surface area contributed by atoms with E-state index in [4.69, 9.17) is 18.5 Å². The second-order valence-electron chi connectivity index (χ2n) is 8.08. The first-order valence-electron chi connectivity index (χ1n) is 11.2. The molecular weight excluding hydrogens is 423 g/mol. The minimum Gasteiger partial charge on any atom is -0.467 e. The van der Waals surface area contributed by atoms with E-state index < -0.39 is 7.60 Å². The highest BCUT2D eigenvalue weighted by Crippen LogP contribution is 2.50. The first-order valence-corrected chi connectivity index (χ1v) is 12.8. The third-order valence-electron chi connectivity index (χ3n) is 5.20. The fourth-order valence-corrected chi connectivity index (χ4v) is 5.00. The second kappa shape index (κ2) is 12.4. The van der Waals surface area contributed by atoms with E-state index in [2.05, 4.69) is 52.0 Å². The molecule has 0 radical (unpaired) electrons. The highest BCUT2D eigenvalue weighted by molar-refractivity contribution is 7.57. The smallest absolute Gasteiger partial charge is 0.354 e. The number of hydrogen-bond donors (Lipinski definition) is 0. The van der Waals surface area contributed by atoms with Gasteiger partial charge in [0.2, 0.25) is 0 Å². The lowest BCUT2D eigenvalue weighted by atomic mass is 9.92. The molecule has 176 valence electrons. The van der Waals surface area contributed by atoms with Gasteiger partial charge in [-0.15, -0.1) is 0 Å². The number of methoxy groups -OCH3 is 1. The number of ether oxygens (including phenoxy) is 2. The van der Waals surface area contributed by atoms with Crippen LogP contribution >= 0.6 is 7.60 Å². The molecule has 0 aromatic heterocycles. The summed E-state index contributed by atoms with van der Waals surface area (Å²) in [6, 6.07) is 10.6. The summed E-state index contributed by atoms with van der Waals surface area (Å²) in [5, 5.41) is 0. The van der Waals surface area contributed by atoms with Crippen molar-refractivity contribution >= 4 is 13.7 Å². The highest BCUT2D eigenvalue weighted by atomic mass is 31.2. The topological polar surface area (TPSA) is 54.0 Å². The maximum atomic E-state index is 12.7. The van der Waals surface area contributed by atoms with Crippen molar-refractivity contribution in [2.45, 2.75) is 53.9 Å². The lowest BCUT2D eigenvalue weighted by Crippen LogP contribution is -2.04. The Morgan fingerprint density at radius 1 is 1.00 bits per heavy atom. The molecule has 2 rings (SSSR count). The molecule has 0 unspecified atom stereocenters. The number of rotatable bonds is 12. The first-order chi connectivity index (χ1) is 15.2. The molecule has 0 spiro atoms. The molecule has 0 aliphatic heterocycles. The van der Waals surface area contributed by atoms with Gasteiger partial charge >= 0.3 is 7.60 Å². The summed E-state index contributed by atoms with van der Waals surface area (Å²) in [7, 11) is -1.59. The highest BCUT2D eigenvalue weighted by Gasteiger charge is 2.19. The van der Waals surface area contributed by atoms with Crippen LogP contribution in [0.1, 0.15) is 67.0 Å². The van der Waals surface area contributed by atoms with Crippen molar-refractivity contribution in [1.82, 2.24) is 0 Å². The van der Waals surface area contributed by atoms with Gasteiger partial charge in [-0.05, 0) is 85.6 Å². The molecule has 0 aliphatic carbocycles. The molecule has 0 atom stereocenters. The summed E-state index contributed by atoms with van der Waals surface area (Å²) in [5.41, 5.74) is 7.08. The van der Waals surface area contributed by atoms with Gasteiger partial charge < -0.3 is 18.5 Å². The lowest BCUT2D eigenvalue weighted by Gasteiger charge is -2.17. The van der Waals surface area contributed by atoms with Crippen LogP contribution in [-0.4, -0.2) is 27.1 Å². The van der Waals surface area contributed by atoms with E-state index >= 15 is 0 Å². The number of benzene rings is 2. The Kier molecular flexibility index (Phi) is 10.2. The fraction of sp³-hybridized carbons (Fsp3) is 0.462. The zero-order valence-electron chi connectivity index (χ0n) is 20.4. The van der Waals surface area contributed by atoms with E-state index in [0.717, 1.165) is 17.7 Å². The van der Waals surface area contributed by atoms with Crippen LogP contribution in [0.2, 0.25) is 0 Å². The largest absolute Gasteiger partial charge is 0.467 e. The molecule has 32 heavy (non-hydrogen) atoms. The lowest BCUT2D eigenvalue weighted by molar-refractivity contribution is 0.0502. The van der Waals surface area contributed by atoms with Gasteiger partial charge in [0.15, 0.2) is 6.79 Å². The molecule has 0 saturated carbocycles. The van der Waals surface area contributed by atoms with Crippen LogP contribution in [0.4, 0.5) is 0 Å². The molecule has 0 saturated heterocycles. The number of aryl methyl sites for hydroxylation is 2. The minimum absolute atomic E-state index is 0.242. The van der Waals surface area contributed by atoms with Crippen LogP contribution in [0.25, 0.3) is 6.08 Å². The van der Waals surface area contributed by atoms with Gasteiger partial charge in [0.1, 0.15) is 5.75 Å². The van der Waals surface area contributed by atoms with Crippen LogP contribution in [0.3, 0.4) is 0 Å². The maximum absolute atomic E-state index is 12.7. The van der Waals surface area contributed by atoms with Crippen molar-refractivity contribution in [3.63, 3.8) is 0 Å². The van der Waals surface area contributed by atoms with E-state index in [1.807, 2.05) is 26.0 Å². The van der Waals surface area contributed by atoms with Crippen LogP contribution < -0.4 is 4.74 Å². The first kappa shape index (κ1) is 26.3. The molecule has 0 heterocycles. The Balaban J connectivity index is 2.28. The fourth-order valence-electron chi connectivity index (χ4n) is 3.68. The molecule has 0 fully saturated rings. The van der Waals surface area contributed by atoms with Gasteiger partial charge in [0.05, 0.1) is 13.2 Å². The zero-order valence-corrected chi connectivity index (χ0v) is 21.3. The third-order valence-corrected chi connectivity index (χ3v) is 6.95. The van der Waals surface area contributed by atoms with Gasteiger partial charge in [0, 0.05) is 12.9 Å². The standard InChI is InChI=1S/C26H37O5P/c1-8-30-32(27,31-9-2)13-12-23-14-20(5)25(21(6)15-23)17-22-10-11-26(29-18-28-7)24(16-22)19(3)4/h10-16,19H,8-9,17-18H2,1-7H3/b13-12+.